The molecule has 0 aliphatic carbocycles. The van der Waals surface area contributed by atoms with Gasteiger partial charge in [0.25, 0.3) is 0 Å². The average molecular weight is 537 g/mol. The summed E-state index contributed by atoms with van der Waals surface area (Å²) >= 11 is 0. The van der Waals surface area contributed by atoms with Crippen LogP contribution in [0.25, 0.3) is 66.6 Å². The van der Waals surface area contributed by atoms with Gasteiger partial charge in [0.05, 0.1) is 11.0 Å². The van der Waals surface area contributed by atoms with E-state index < -0.39 is 0 Å². The van der Waals surface area contributed by atoms with Crippen molar-refractivity contribution in [2.45, 2.75) is 0 Å². The maximum absolute atomic E-state index is 2.28. The predicted molar refractivity (Wildman–Crippen MR) is 176 cm³/mol. The second-order valence-electron chi connectivity index (χ2n) is 10.7. The van der Waals surface area contributed by atoms with Gasteiger partial charge in [0.2, 0.25) is 0 Å². The molecule has 0 aliphatic heterocycles. The number of rotatable bonds is 5. The van der Waals surface area contributed by atoms with Gasteiger partial charge in [0, 0.05) is 45.7 Å². The smallest absolute Gasteiger partial charge is 0.0534 e. The van der Waals surface area contributed by atoms with Gasteiger partial charge in [-0.2, -0.15) is 0 Å². The Morgan fingerprint density at radius 3 is 1.02 bits per heavy atom. The first-order valence-electron chi connectivity index (χ1n) is 14.4. The molecule has 0 N–H and O–H groups in total. The predicted octanol–water partition coefficient (Wildman–Crippen LogP) is 10.6. The van der Waals surface area contributed by atoms with Gasteiger partial charge in [-0.25, -0.2) is 0 Å². The first kappa shape index (κ1) is 24.2. The SMILES string of the molecule is c1ccc(-n2cc(-c3ccc(-c4ccc(-c5cn(-c6ccccc6)c6ccccc56)cc4)cc3)c3ccccc32)cc1. The van der Waals surface area contributed by atoms with Crippen LogP contribution in [0.5, 0.6) is 0 Å². The van der Waals surface area contributed by atoms with Crippen molar-refractivity contribution in [3.63, 3.8) is 0 Å². The third-order valence-electron chi connectivity index (χ3n) is 8.22. The minimum atomic E-state index is 1.17. The Hall–Kier alpha value is -5.60. The zero-order chi connectivity index (χ0) is 27.9. The van der Waals surface area contributed by atoms with E-state index in [0.29, 0.717) is 0 Å². The Labute approximate surface area is 245 Å². The van der Waals surface area contributed by atoms with E-state index in [1.165, 1.54) is 66.6 Å². The summed E-state index contributed by atoms with van der Waals surface area (Å²) in [5, 5.41) is 2.52. The van der Waals surface area contributed by atoms with Gasteiger partial charge < -0.3 is 9.13 Å². The maximum atomic E-state index is 2.28. The maximum Gasteiger partial charge on any atom is 0.0534 e. The lowest BCUT2D eigenvalue weighted by Gasteiger charge is -2.06. The summed E-state index contributed by atoms with van der Waals surface area (Å²) in [6.45, 7) is 0. The van der Waals surface area contributed by atoms with Crippen LogP contribution in [0.2, 0.25) is 0 Å². The van der Waals surface area contributed by atoms with Crippen LogP contribution in [0.15, 0.2) is 170 Å². The molecule has 0 spiro atoms. The standard InChI is InChI=1S/C40H28N2/c1-3-11-33(12-4-1)41-27-37(35-15-7-9-17-39(35)41)31-23-19-29(20-24-31)30-21-25-32(26-22-30)38-28-42(34-13-5-2-6-14-34)40-18-10-8-16-36(38)40/h1-28H. The quantitative estimate of drug-likeness (QED) is 0.207. The van der Waals surface area contributed by atoms with E-state index in [1.54, 1.807) is 0 Å². The lowest BCUT2D eigenvalue weighted by atomic mass is 9.98. The monoisotopic (exact) mass is 536 g/mol. The summed E-state index contributed by atoms with van der Waals surface area (Å²) in [7, 11) is 0. The molecule has 42 heavy (non-hydrogen) atoms. The van der Waals surface area contributed by atoms with Crippen LogP contribution in [0.1, 0.15) is 0 Å². The van der Waals surface area contributed by atoms with Gasteiger partial charge in [-0.1, -0.05) is 121 Å². The minimum absolute atomic E-state index is 1.17. The van der Waals surface area contributed by atoms with Crippen molar-refractivity contribution in [2.24, 2.45) is 0 Å². The minimum Gasteiger partial charge on any atom is -0.316 e. The van der Waals surface area contributed by atoms with Crippen LogP contribution in [0, 0.1) is 0 Å². The molecule has 0 amide bonds. The number of hydrogen-bond acceptors (Lipinski definition) is 0. The van der Waals surface area contributed by atoms with Gasteiger partial charge >= 0.3 is 0 Å². The molecule has 0 radical (unpaired) electrons. The van der Waals surface area contributed by atoms with Crippen molar-refractivity contribution in [3.05, 3.63) is 170 Å². The number of aromatic nitrogens is 2. The van der Waals surface area contributed by atoms with Crippen LogP contribution in [0.4, 0.5) is 0 Å². The zero-order valence-corrected chi connectivity index (χ0v) is 23.1. The second-order valence-corrected chi connectivity index (χ2v) is 10.7. The van der Waals surface area contributed by atoms with Crippen molar-refractivity contribution in [1.82, 2.24) is 9.13 Å². The molecule has 0 unspecified atom stereocenters. The Bertz CT molecular complexity index is 1990. The first-order chi connectivity index (χ1) is 20.8. The van der Waals surface area contributed by atoms with Crippen molar-refractivity contribution >= 4 is 21.8 Å². The lowest BCUT2D eigenvalue weighted by molar-refractivity contribution is 1.13. The molecular weight excluding hydrogens is 508 g/mol. The average Bonchev–Trinajstić information content (AvgIpc) is 3.66. The summed E-state index contributed by atoms with van der Waals surface area (Å²) in [5.41, 5.74) is 12.1. The van der Waals surface area contributed by atoms with E-state index in [4.69, 9.17) is 0 Å². The van der Waals surface area contributed by atoms with Crippen LogP contribution in [0.3, 0.4) is 0 Å². The van der Waals surface area contributed by atoms with E-state index in [1.807, 2.05) is 0 Å². The highest BCUT2D eigenvalue weighted by molar-refractivity contribution is 5.98. The van der Waals surface area contributed by atoms with Crippen molar-refractivity contribution in [3.8, 4) is 44.8 Å². The fourth-order valence-corrected chi connectivity index (χ4v) is 6.11. The Balaban J connectivity index is 1.13. The Morgan fingerprint density at radius 1 is 0.286 bits per heavy atom. The number of nitrogens with zero attached hydrogens (tertiary/aromatic N) is 2. The zero-order valence-electron chi connectivity index (χ0n) is 23.1. The number of hydrogen-bond donors (Lipinski definition) is 0. The molecule has 0 aliphatic rings. The normalized spacial score (nSPS) is 11.3. The van der Waals surface area contributed by atoms with Crippen molar-refractivity contribution in [1.29, 1.82) is 0 Å². The highest BCUT2D eigenvalue weighted by Gasteiger charge is 2.13. The molecule has 0 bridgehead atoms. The molecule has 198 valence electrons. The van der Waals surface area contributed by atoms with E-state index >= 15 is 0 Å². The van der Waals surface area contributed by atoms with Gasteiger partial charge in [0.1, 0.15) is 0 Å². The number of benzene rings is 6. The summed E-state index contributed by atoms with van der Waals surface area (Å²) in [5.74, 6) is 0. The Morgan fingerprint density at radius 2 is 0.619 bits per heavy atom. The third kappa shape index (κ3) is 4.13. The molecule has 2 heteroatoms. The highest BCUT2D eigenvalue weighted by Crippen LogP contribution is 2.36. The molecule has 0 saturated heterocycles. The van der Waals surface area contributed by atoms with E-state index in [9.17, 15) is 0 Å². The van der Waals surface area contributed by atoms with E-state index in [2.05, 4.69) is 179 Å². The van der Waals surface area contributed by atoms with Gasteiger partial charge in [-0.05, 0) is 58.7 Å². The summed E-state index contributed by atoms with van der Waals surface area (Å²) < 4.78 is 4.57. The van der Waals surface area contributed by atoms with Crippen LogP contribution >= 0.6 is 0 Å². The van der Waals surface area contributed by atoms with Crippen LogP contribution in [-0.4, -0.2) is 9.13 Å². The molecule has 8 rings (SSSR count). The molecule has 0 fully saturated rings. The third-order valence-corrected chi connectivity index (χ3v) is 8.22. The summed E-state index contributed by atoms with van der Waals surface area (Å²) in [6.07, 6.45) is 4.52. The molecule has 6 aromatic carbocycles. The molecule has 2 nitrogen and oxygen atoms in total. The van der Waals surface area contributed by atoms with E-state index in [0.717, 1.165) is 0 Å². The van der Waals surface area contributed by atoms with Crippen LogP contribution in [-0.2, 0) is 0 Å². The molecule has 8 aromatic rings. The number of para-hydroxylation sites is 4. The van der Waals surface area contributed by atoms with E-state index in [-0.39, 0.29) is 0 Å². The van der Waals surface area contributed by atoms with Gasteiger partial charge in [0.15, 0.2) is 0 Å². The molecule has 2 heterocycles. The Kier molecular flexibility index (Phi) is 5.82. The summed E-state index contributed by atoms with van der Waals surface area (Å²) in [4.78, 5) is 0. The molecule has 2 aromatic heterocycles. The largest absolute Gasteiger partial charge is 0.316 e. The fourth-order valence-electron chi connectivity index (χ4n) is 6.11. The molecule has 0 atom stereocenters. The second kappa shape index (κ2) is 10.1. The van der Waals surface area contributed by atoms with Gasteiger partial charge in [-0.3, -0.25) is 0 Å². The highest BCUT2D eigenvalue weighted by atomic mass is 15.0. The van der Waals surface area contributed by atoms with Crippen molar-refractivity contribution in [2.75, 3.05) is 0 Å². The fraction of sp³-hybridized carbons (Fsp3) is 0. The summed E-state index contributed by atoms with van der Waals surface area (Å²) in [6, 6.07) is 56.3. The lowest BCUT2D eigenvalue weighted by Crippen LogP contribution is -1.90. The first-order valence-corrected chi connectivity index (χ1v) is 14.4. The van der Waals surface area contributed by atoms with Crippen molar-refractivity contribution < 1.29 is 0 Å². The van der Waals surface area contributed by atoms with Crippen LogP contribution < -0.4 is 0 Å². The molecule has 0 saturated carbocycles. The topological polar surface area (TPSA) is 9.86 Å². The molecular formula is C40H28N2. The van der Waals surface area contributed by atoms with Gasteiger partial charge in [-0.15, -0.1) is 0 Å². The number of fused-ring (bicyclic) bond motifs is 2.